The molecule has 7 nitrogen and oxygen atoms in total. The Morgan fingerprint density at radius 2 is 1.88 bits per heavy atom. The highest BCUT2D eigenvalue weighted by Gasteiger charge is 2.19. The summed E-state index contributed by atoms with van der Waals surface area (Å²) in [5.74, 6) is -1.26. The zero-order valence-electron chi connectivity index (χ0n) is 14.2. The Balaban J connectivity index is 2.03. The van der Waals surface area contributed by atoms with Gasteiger partial charge in [-0.3, -0.25) is 14.9 Å². The molecule has 0 aromatic heterocycles. The van der Waals surface area contributed by atoms with E-state index < -0.39 is 23.4 Å². The van der Waals surface area contributed by atoms with E-state index in [4.69, 9.17) is 4.74 Å². The largest absolute Gasteiger partial charge is 0.452 e. The third kappa shape index (κ3) is 4.41. The lowest BCUT2D eigenvalue weighted by molar-refractivity contribution is -0.385. The predicted molar refractivity (Wildman–Crippen MR) is 92.7 cm³/mol. The van der Waals surface area contributed by atoms with E-state index in [1.807, 2.05) is 32.0 Å². The first-order valence-corrected chi connectivity index (χ1v) is 7.58. The van der Waals surface area contributed by atoms with Crippen LogP contribution in [0, 0.1) is 30.9 Å². The average molecular weight is 342 g/mol. The summed E-state index contributed by atoms with van der Waals surface area (Å²) in [5, 5.41) is 13.6. The van der Waals surface area contributed by atoms with E-state index in [1.165, 1.54) is 25.1 Å². The SMILES string of the molecule is Cc1ccc(C)c(NC(=O)COC(=O)c2cccc([N+](=O)[O-])c2C)c1. The summed E-state index contributed by atoms with van der Waals surface area (Å²) >= 11 is 0. The van der Waals surface area contributed by atoms with Crippen LogP contribution in [0.4, 0.5) is 11.4 Å². The lowest BCUT2D eigenvalue weighted by Crippen LogP contribution is -2.21. The average Bonchev–Trinajstić information content (AvgIpc) is 2.56. The lowest BCUT2D eigenvalue weighted by Gasteiger charge is -2.10. The summed E-state index contributed by atoms with van der Waals surface area (Å²) in [4.78, 5) is 34.4. The Morgan fingerprint density at radius 1 is 1.16 bits per heavy atom. The first kappa shape index (κ1) is 18.1. The number of aryl methyl sites for hydroxylation is 2. The zero-order valence-corrected chi connectivity index (χ0v) is 14.2. The number of esters is 1. The molecule has 0 saturated heterocycles. The molecular weight excluding hydrogens is 324 g/mol. The number of carbonyl (C=O) groups is 2. The third-order valence-corrected chi connectivity index (χ3v) is 3.72. The van der Waals surface area contributed by atoms with Crippen molar-refractivity contribution in [2.75, 3.05) is 11.9 Å². The van der Waals surface area contributed by atoms with Crippen molar-refractivity contribution in [3.8, 4) is 0 Å². The van der Waals surface area contributed by atoms with Gasteiger partial charge in [0.05, 0.1) is 10.5 Å². The number of ether oxygens (including phenoxy) is 1. The lowest BCUT2D eigenvalue weighted by atomic mass is 10.1. The van der Waals surface area contributed by atoms with Crippen LogP contribution in [0.3, 0.4) is 0 Å². The van der Waals surface area contributed by atoms with Crippen molar-refractivity contribution in [3.05, 3.63) is 68.8 Å². The fourth-order valence-corrected chi connectivity index (χ4v) is 2.31. The minimum atomic E-state index is -0.780. The molecule has 0 atom stereocenters. The molecule has 25 heavy (non-hydrogen) atoms. The van der Waals surface area contributed by atoms with Gasteiger partial charge in [-0.2, -0.15) is 0 Å². The van der Waals surface area contributed by atoms with Crippen molar-refractivity contribution in [3.63, 3.8) is 0 Å². The van der Waals surface area contributed by atoms with Gasteiger partial charge in [0.1, 0.15) is 0 Å². The van der Waals surface area contributed by atoms with Gasteiger partial charge in [0, 0.05) is 17.3 Å². The molecular formula is C18H18N2O5. The van der Waals surface area contributed by atoms with Crippen LogP contribution in [-0.4, -0.2) is 23.4 Å². The maximum atomic E-state index is 12.1. The molecule has 0 unspecified atom stereocenters. The van der Waals surface area contributed by atoms with E-state index >= 15 is 0 Å². The molecule has 2 rings (SSSR count). The van der Waals surface area contributed by atoms with Crippen LogP contribution in [0.1, 0.15) is 27.0 Å². The highest BCUT2D eigenvalue weighted by atomic mass is 16.6. The van der Waals surface area contributed by atoms with Crippen LogP contribution in [0.25, 0.3) is 0 Å². The van der Waals surface area contributed by atoms with Gasteiger partial charge >= 0.3 is 5.97 Å². The van der Waals surface area contributed by atoms with Gasteiger partial charge in [0.25, 0.3) is 11.6 Å². The number of nitrogens with one attached hydrogen (secondary N) is 1. The molecule has 0 fully saturated rings. The molecule has 0 aliphatic rings. The number of anilines is 1. The first-order valence-electron chi connectivity index (χ1n) is 7.58. The van der Waals surface area contributed by atoms with Gasteiger partial charge in [-0.25, -0.2) is 4.79 Å². The fourth-order valence-electron chi connectivity index (χ4n) is 2.31. The Kier molecular flexibility index (Phi) is 5.49. The van der Waals surface area contributed by atoms with E-state index in [2.05, 4.69) is 5.32 Å². The number of benzene rings is 2. The Morgan fingerprint density at radius 3 is 2.56 bits per heavy atom. The molecule has 0 spiro atoms. The van der Waals surface area contributed by atoms with Gasteiger partial charge in [0.2, 0.25) is 0 Å². The van der Waals surface area contributed by atoms with Gasteiger partial charge < -0.3 is 10.1 Å². The topological polar surface area (TPSA) is 98.5 Å². The minimum Gasteiger partial charge on any atom is -0.452 e. The number of hydrogen-bond acceptors (Lipinski definition) is 5. The molecule has 0 heterocycles. The summed E-state index contributed by atoms with van der Waals surface area (Å²) in [7, 11) is 0. The van der Waals surface area contributed by atoms with Gasteiger partial charge in [0.15, 0.2) is 6.61 Å². The molecule has 0 aliphatic carbocycles. The second kappa shape index (κ2) is 7.57. The highest BCUT2D eigenvalue weighted by Crippen LogP contribution is 2.21. The maximum Gasteiger partial charge on any atom is 0.339 e. The van der Waals surface area contributed by atoms with E-state index in [-0.39, 0.29) is 16.8 Å². The summed E-state index contributed by atoms with van der Waals surface area (Å²) < 4.78 is 4.97. The van der Waals surface area contributed by atoms with Crippen molar-refractivity contribution < 1.29 is 19.2 Å². The number of nitro groups is 1. The molecule has 0 saturated carbocycles. The van der Waals surface area contributed by atoms with Gasteiger partial charge in [-0.1, -0.05) is 18.2 Å². The Hall–Kier alpha value is -3.22. The molecule has 1 N–H and O–H groups in total. The highest BCUT2D eigenvalue weighted by molar-refractivity contribution is 5.97. The summed E-state index contributed by atoms with van der Waals surface area (Å²) in [6, 6.07) is 9.75. The zero-order chi connectivity index (χ0) is 18.6. The van der Waals surface area contributed by atoms with Crippen LogP contribution < -0.4 is 5.32 Å². The number of rotatable bonds is 5. The van der Waals surface area contributed by atoms with Crippen molar-refractivity contribution in [1.82, 2.24) is 0 Å². The van der Waals surface area contributed by atoms with Crippen LogP contribution in [0.15, 0.2) is 36.4 Å². The molecule has 7 heteroatoms. The van der Waals surface area contributed by atoms with Crippen molar-refractivity contribution >= 4 is 23.3 Å². The maximum absolute atomic E-state index is 12.1. The molecule has 0 bridgehead atoms. The van der Waals surface area contributed by atoms with Gasteiger partial charge in [-0.15, -0.1) is 0 Å². The summed E-state index contributed by atoms with van der Waals surface area (Å²) in [6.07, 6.45) is 0. The Bertz CT molecular complexity index is 845. The summed E-state index contributed by atoms with van der Waals surface area (Å²) in [6.45, 7) is 4.74. The van der Waals surface area contributed by atoms with Crippen molar-refractivity contribution in [2.24, 2.45) is 0 Å². The second-order valence-electron chi connectivity index (χ2n) is 5.65. The molecule has 1 amide bonds. The van der Waals surface area contributed by atoms with Crippen molar-refractivity contribution in [2.45, 2.75) is 20.8 Å². The number of nitro benzene ring substituents is 1. The molecule has 130 valence electrons. The Labute approximate surface area is 144 Å². The van der Waals surface area contributed by atoms with Crippen LogP contribution >= 0.6 is 0 Å². The monoisotopic (exact) mass is 342 g/mol. The van der Waals surface area contributed by atoms with E-state index in [0.717, 1.165) is 11.1 Å². The first-order chi connectivity index (χ1) is 11.8. The fraction of sp³-hybridized carbons (Fsp3) is 0.222. The normalized spacial score (nSPS) is 10.2. The molecule has 0 radical (unpaired) electrons. The molecule has 0 aliphatic heterocycles. The number of amides is 1. The second-order valence-corrected chi connectivity index (χ2v) is 5.65. The van der Waals surface area contributed by atoms with Crippen LogP contribution in [0.5, 0.6) is 0 Å². The number of nitrogens with zero attached hydrogens (tertiary/aromatic N) is 1. The third-order valence-electron chi connectivity index (χ3n) is 3.72. The quantitative estimate of drug-likeness (QED) is 0.510. The number of hydrogen-bond donors (Lipinski definition) is 1. The standard InChI is InChI=1S/C18H18N2O5/c1-11-7-8-12(2)15(9-11)19-17(21)10-25-18(22)14-5-4-6-16(13(14)3)20(23)24/h4-9H,10H2,1-3H3,(H,19,21). The molecule has 2 aromatic carbocycles. The minimum absolute atomic E-state index is 0.0636. The van der Waals surface area contributed by atoms with Crippen molar-refractivity contribution in [1.29, 1.82) is 0 Å². The van der Waals surface area contributed by atoms with E-state index in [9.17, 15) is 19.7 Å². The van der Waals surface area contributed by atoms with E-state index in [1.54, 1.807) is 0 Å². The predicted octanol–water partition coefficient (Wildman–Crippen LogP) is 3.32. The smallest absolute Gasteiger partial charge is 0.339 e. The molecule has 2 aromatic rings. The van der Waals surface area contributed by atoms with Crippen LogP contribution in [0.2, 0.25) is 0 Å². The number of carbonyl (C=O) groups excluding carboxylic acids is 2. The van der Waals surface area contributed by atoms with Gasteiger partial charge in [-0.05, 0) is 44.0 Å². The summed E-state index contributed by atoms with van der Waals surface area (Å²) in [5.41, 5.74) is 2.62. The van der Waals surface area contributed by atoms with E-state index in [0.29, 0.717) is 5.69 Å². The van der Waals surface area contributed by atoms with Crippen LogP contribution in [-0.2, 0) is 9.53 Å².